The predicted octanol–water partition coefficient (Wildman–Crippen LogP) is 3.55. The van der Waals surface area contributed by atoms with Crippen LogP contribution in [0.1, 0.15) is 23.6 Å². The third-order valence-electron chi connectivity index (χ3n) is 2.30. The standard InChI is InChI=1S/C11H12BrF3N2/c1-2-3-10(17-16)7-4-5-9(12)8(6-7)11(13,14)15/h2,4-6,10,17H,1,3,16H2. The van der Waals surface area contributed by atoms with Crippen molar-refractivity contribution in [3.05, 3.63) is 46.5 Å². The van der Waals surface area contributed by atoms with Gasteiger partial charge in [0.2, 0.25) is 0 Å². The molecular weight excluding hydrogens is 297 g/mol. The molecule has 0 aliphatic heterocycles. The molecule has 1 aromatic carbocycles. The van der Waals surface area contributed by atoms with Crippen LogP contribution in [0, 0.1) is 0 Å². The first-order valence-corrected chi connectivity index (χ1v) is 5.63. The fourth-order valence-corrected chi connectivity index (χ4v) is 1.92. The largest absolute Gasteiger partial charge is 0.417 e. The Morgan fingerprint density at radius 2 is 2.12 bits per heavy atom. The number of benzene rings is 1. The smallest absolute Gasteiger partial charge is 0.271 e. The van der Waals surface area contributed by atoms with Crippen molar-refractivity contribution in [1.29, 1.82) is 0 Å². The molecule has 0 radical (unpaired) electrons. The molecular formula is C11H12BrF3N2. The van der Waals surface area contributed by atoms with Crippen LogP contribution < -0.4 is 11.3 Å². The van der Waals surface area contributed by atoms with Crippen molar-refractivity contribution in [2.45, 2.75) is 18.6 Å². The minimum atomic E-state index is -4.39. The molecule has 1 rings (SSSR count). The quantitative estimate of drug-likeness (QED) is 0.507. The highest BCUT2D eigenvalue weighted by atomic mass is 79.9. The molecule has 0 aliphatic rings. The van der Waals surface area contributed by atoms with E-state index in [1.807, 2.05) is 0 Å². The first-order valence-electron chi connectivity index (χ1n) is 4.83. The third kappa shape index (κ3) is 3.55. The number of nitrogens with two attached hydrogens (primary N) is 1. The SMILES string of the molecule is C=CCC(NN)c1ccc(Br)c(C(F)(F)F)c1. The number of hydrazine groups is 1. The molecule has 0 saturated heterocycles. The zero-order chi connectivity index (χ0) is 13.1. The lowest BCUT2D eigenvalue weighted by Crippen LogP contribution is -2.27. The van der Waals surface area contributed by atoms with E-state index < -0.39 is 11.7 Å². The molecule has 0 fully saturated rings. The zero-order valence-corrected chi connectivity index (χ0v) is 10.5. The van der Waals surface area contributed by atoms with Gasteiger partial charge in [-0.25, -0.2) is 0 Å². The Morgan fingerprint density at radius 1 is 1.47 bits per heavy atom. The van der Waals surface area contributed by atoms with Gasteiger partial charge in [-0.05, 0) is 24.1 Å². The van der Waals surface area contributed by atoms with Crippen LogP contribution in [-0.2, 0) is 6.18 Å². The molecule has 1 aromatic rings. The molecule has 17 heavy (non-hydrogen) atoms. The van der Waals surface area contributed by atoms with Gasteiger partial charge in [0.25, 0.3) is 0 Å². The summed E-state index contributed by atoms with van der Waals surface area (Å²) in [7, 11) is 0. The van der Waals surface area contributed by atoms with E-state index in [0.717, 1.165) is 6.07 Å². The maximum absolute atomic E-state index is 12.7. The van der Waals surface area contributed by atoms with E-state index in [-0.39, 0.29) is 10.5 Å². The van der Waals surface area contributed by atoms with Gasteiger partial charge in [0.1, 0.15) is 0 Å². The van der Waals surface area contributed by atoms with Gasteiger partial charge in [-0.3, -0.25) is 11.3 Å². The van der Waals surface area contributed by atoms with Gasteiger partial charge in [0, 0.05) is 10.5 Å². The van der Waals surface area contributed by atoms with Gasteiger partial charge in [0.05, 0.1) is 5.56 Å². The average molecular weight is 309 g/mol. The number of hydrogen-bond acceptors (Lipinski definition) is 2. The highest BCUT2D eigenvalue weighted by Crippen LogP contribution is 2.36. The summed E-state index contributed by atoms with van der Waals surface area (Å²) in [5, 5.41) is 0. The fraction of sp³-hybridized carbons (Fsp3) is 0.273. The van der Waals surface area contributed by atoms with E-state index in [1.54, 1.807) is 12.1 Å². The second-order valence-electron chi connectivity index (χ2n) is 3.48. The number of halogens is 4. The summed E-state index contributed by atoms with van der Waals surface area (Å²) in [5.41, 5.74) is 2.23. The van der Waals surface area contributed by atoms with E-state index in [4.69, 9.17) is 5.84 Å². The Labute approximate surface area is 106 Å². The Morgan fingerprint density at radius 3 is 2.59 bits per heavy atom. The van der Waals surface area contributed by atoms with Crippen molar-refractivity contribution in [2.75, 3.05) is 0 Å². The maximum Gasteiger partial charge on any atom is 0.417 e. The number of alkyl halides is 3. The lowest BCUT2D eigenvalue weighted by Gasteiger charge is -2.17. The van der Waals surface area contributed by atoms with E-state index in [1.165, 1.54) is 6.07 Å². The van der Waals surface area contributed by atoms with Crippen LogP contribution in [0.4, 0.5) is 13.2 Å². The Kier molecular flexibility index (Phi) is 4.73. The minimum absolute atomic E-state index is 0.0168. The Hall–Kier alpha value is -0.850. The molecule has 0 bridgehead atoms. The average Bonchev–Trinajstić information content (AvgIpc) is 2.25. The molecule has 1 atom stereocenters. The van der Waals surface area contributed by atoms with E-state index in [9.17, 15) is 13.2 Å². The molecule has 2 nitrogen and oxygen atoms in total. The number of hydrogen-bond donors (Lipinski definition) is 2. The van der Waals surface area contributed by atoms with Crippen molar-refractivity contribution in [1.82, 2.24) is 5.43 Å². The summed E-state index contributed by atoms with van der Waals surface area (Å²) in [5.74, 6) is 5.30. The van der Waals surface area contributed by atoms with Crippen molar-refractivity contribution < 1.29 is 13.2 Å². The first-order chi connectivity index (χ1) is 7.90. The summed E-state index contributed by atoms with van der Waals surface area (Å²) in [6.45, 7) is 3.54. The molecule has 0 amide bonds. The molecule has 0 saturated carbocycles. The number of nitrogens with one attached hydrogen (secondary N) is 1. The van der Waals surface area contributed by atoms with Gasteiger partial charge >= 0.3 is 6.18 Å². The van der Waals surface area contributed by atoms with Gasteiger partial charge < -0.3 is 0 Å². The van der Waals surface area contributed by atoms with Crippen molar-refractivity contribution in [3.63, 3.8) is 0 Å². The minimum Gasteiger partial charge on any atom is -0.271 e. The second-order valence-corrected chi connectivity index (χ2v) is 4.34. The molecule has 6 heteroatoms. The molecule has 0 heterocycles. The van der Waals surface area contributed by atoms with E-state index >= 15 is 0 Å². The topological polar surface area (TPSA) is 38.0 Å². The molecule has 0 spiro atoms. The monoisotopic (exact) mass is 308 g/mol. The van der Waals surface area contributed by atoms with Crippen LogP contribution in [0.15, 0.2) is 35.3 Å². The zero-order valence-electron chi connectivity index (χ0n) is 8.89. The van der Waals surface area contributed by atoms with Crippen LogP contribution in [0.5, 0.6) is 0 Å². The molecule has 1 unspecified atom stereocenters. The highest BCUT2D eigenvalue weighted by molar-refractivity contribution is 9.10. The van der Waals surface area contributed by atoms with E-state index in [2.05, 4.69) is 27.9 Å². The van der Waals surface area contributed by atoms with Crippen LogP contribution >= 0.6 is 15.9 Å². The highest BCUT2D eigenvalue weighted by Gasteiger charge is 2.33. The fourth-order valence-electron chi connectivity index (χ4n) is 1.44. The van der Waals surface area contributed by atoms with Gasteiger partial charge in [-0.15, -0.1) is 6.58 Å². The molecule has 3 N–H and O–H groups in total. The second kappa shape index (κ2) is 5.66. The normalized spacial score (nSPS) is 13.5. The summed E-state index contributed by atoms with van der Waals surface area (Å²) in [6, 6.07) is 3.67. The van der Waals surface area contributed by atoms with Gasteiger partial charge in [0.15, 0.2) is 0 Å². The van der Waals surface area contributed by atoms with Crippen LogP contribution in [-0.4, -0.2) is 0 Å². The predicted molar refractivity (Wildman–Crippen MR) is 64.0 cm³/mol. The van der Waals surface area contributed by atoms with Crippen LogP contribution in [0.2, 0.25) is 0 Å². The molecule has 0 aliphatic carbocycles. The molecule has 94 valence electrons. The maximum atomic E-state index is 12.7. The Balaban J connectivity index is 3.15. The van der Waals surface area contributed by atoms with Crippen LogP contribution in [0.25, 0.3) is 0 Å². The lowest BCUT2D eigenvalue weighted by molar-refractivity contribution is -0.138. The van der Waals surface area contributed by atoms with Crippen molar-refractivity contribution >= 4 is 15.9 Å². The van der Waals surface area contributed by atoms with Gasteiger partial charge in [-0.2, -0.15) is 13.2 Å². The molecule has 0 aromatic heterocycles. The summed E-state index contributed by atoms with van der Waals surface area (Å²) < 4.78 is 38.1. The summed E-state index contributed by atoms with van der Waals surface area (Å²) >= 11 is 2.88. The summed E-state index contributed by atoms with van der Waals surface area (Å²) in [6.07, 6.45) is -2.34. The van der Waals surface area contributed by atoms with Crippen molar-refractivity contribution in [2.24, 2.45) is 5.84 Å². The summed E-state index contributed by atoms with van der Waals surface area (Å²) in [4.78, 5) is 0. The van der Waals surface area contributed by atoms with E-state index in [0.29, 0.717) is 12.0 Å². The van der Waals surface area contributed by atoms with Crippen molar-refractivity contribution in [3.8, 4) is 0 Å². The van der Waals surface area contributed by atoms with Crippen LogP contribution in [0.3, 0.4) is 0 Å². The van der Waals surface area contributed by atoms with Gasteiger partial charge in [-0.1, -0.05) is 28.1 Å². The third-order valence-corrected chi connectivity index (χ3v) is 2.99. The lowest BCUT2D eigenvalue weighted by atomic mass is 10.0. The number of rotatable bonds is 4. The first kappa shape index (κ1) is 14.2. The Bertz CT molecular complexity index is 404.